The molecule has 5 heteroatoms. The molecule has 0 amide bonds. The van der Waals surface area contributed by atoms with Crippen molar-refractivity contribution in [3.05, 3.63) is 29.4 Å². The number of thiophene rings is 1. The van der Waals surface area contributed by atoms with Gasteiger partial charge in [0.2, 0.25) is 5.95 Å². The van der Waals surface area contributed by atoms with Crippen LogP contribution in [0.25, 0.3) is 10.4 Å². The molecule has 1 N–H and O–H groups in total. The summed E-state index contributed by atoms with van der Waals surface area (Å²) in [6.07, 6.45) is 3.54. The molecule has 0 aliphatic rings. The van der Waals surface area contributed by atoms with Gasteiger partial charge in [0, 0.05) is 22.8 Å². The number of nitrogens with zero attached hydrogens (tertiary/aromatic N) is 3. The smallest absolute Gasteiger partial charge is 0.223 e. The molecule has 2 aromatic heterocycles. The topological polar surface area (TPSA) is 61.6 Å². The quantitative estimate of drug-likeness (QED) is 0.823. The summed E-state index contributed by atoms with van der Waals surface area (Å²) in [4.78, 5) is 9.48. The first-order valence-electron chi connectivity index (χ1n) is 4.78. The van der Waals surface area contributed by atoms with Crippen LogP contribution < -0.4 is 5.32 Å². The highest BCUT2D eigenvalue weighted by molar-refractivity contribution is 7.13. The maximum Gasteiger partial charge on any atom is 0.223 e. The third-order valence-corrected chi connectivity index (χ3v) is 3.17. The highest BCUT2D eigenvalue weighted by Gasteiger charge is 2.04. The van der Waals surface area contributed by atoms with Crippen LogP contribution >= 0.6 is 11.3 Å². The van der Waals surface area contributed by atoms with Crippen LogP contribution in [0.4, 0.5) is 5.95 Å². The second-order valence-electron chi connectivity index (χ2n) is 3.24. The first-order valence-corrected chi connectivity index (χ1v) is 5.66. The van der Waals surface area contributed by atoms with Crippen molar-refractivity contribution in [2.45, 2.75) is 6.92 Å². The molecule has 16 heavy (non-hydrogen) atoms. The molecule has 0 unspecified atom stereocenters. The van der Waals surface area contributed by atoms with Gasteiger partial charge in [-0.3, -0.25) is 0 Å². The Morgan fingerprint density at radius 3 is 2.75 bits per heavy atom. The van der Waals surface area contributed by atoms with Gasteiger partial charge in [0.25, 0.3) is 0 Å². The molecule has 0 radical (unpaired) electrons. The normalized spacial score (nSPS) is 9.75. The van der Waals surface area contributed by atoms with E-state index in [2.05, 4.69) is 28.3 Å². The lowest BCUT2D eigenvalue weighted by Crippen LogP contribution is -2.02. The van der Waals surface area contributed by atoms with Crippen molar-refractivity contribution in [2.24, 2.45) is 0 Å². The molecule has 2 heterocycles. The van der Waals surface area contributed by atoms with Crippen LogP contribution in [0.5, 0.6) is 0 Å². The minimum atomic E-state index is 0.220. The molecular weight excluding hydrogens is 220 g/mol. The minimum Gasteiger partial charge on any atom is -0.341 e. The lowest BCUT2D eigenvalue weighted by molar-refractivity contribution is 1.12. The lowest BCUT2D eigenvalue weighted by atomic mass is 10.2. The summed E-state index contributed by atoms with van der Waals surface area (Å²) in [7, 11) is 0. The Bertz CT molecular complexity index is 510. The molecule has 0 saturated carbocycles. The summed E-state index contributed by atoms with van der Waals surface area (Å²) >= 11 is 1.67. The van der Waals surface area contributed by atoms with Gasteiger partial charge in [-0.1, -0.05) is 0 Å². The van der Waals surface area contributed by atoms with Gasteiger partial charge in [0.05, 0.1) is 6.07 Å². The van der Waals surface area contributed by atoms with E-state index in [9.17, 15) is 0 Å². The molecule has 80 valence electrons. The summed E-state index contributed by atoms with van der Waals surface area (Å²) < 4.78 is 0. The van der Waals surface area contributed by atoms with Crippen molar-refractivity contribution in [3.63, 3.8) is 0 Å². The third-order valence-electron chi connectivity index (χ3n) is 2.10. The van der Waals surface area contributed by atoms with E-state index in [4.69, 9.17) is 5.26 Å². The van der Waals surface area contributed by atoms with Gasteiger partial charge in [-0.2, -0.15) is 5.26 Å². The zero-order valence-corrected chi connectivity index (χ0v) is 9.58. The van der Waals surface area contributed by atoms with E-state index in [1.54, 1.807) is 23.7 Å². The SMILES string of the molecule is Cc1ccsc1-c1cnc(NCC#N)nc1. The Labute approximate surface area is 97.6 Å². The molecule has 4 nitrogen and oxygen atoms in total. The molecule has 2 rings (SSSR count). The van der Waals surface area contributed by atoms with E-state index in [0.717, 1.165) is 5.56 Å². The molecule has 0 atom stereocenters. The van der Waals surface area contributed by atoms with Crippen LogP contribution in [0.3, 0.4) is 0 Å². The van der Waals surface area contributed by atoms with E-state index in [1.807, 2.05) is 11.4 Å². The Kier molecular flexibility index (Phi) is 3.13. The minimum absolute atomic E-state index is 0.220. The molecule has 0 aliphatic carbocycles. The Morgan fingerprint density at radius 2 is 2.19 bits per heavy atom. The number of aryl methyl sites for hydroxylation is 1. The average molecular weight is 230 g/mol. The van der Waals surface area contributed by atoms with Crippen molar-refractivity contribution in [2.75, 3.05) is 11.9 Å². The predicted molar refractivity (Wildman–Crippen MR) is 64.2 cm³/mol. The first kappa shape index (κ1) is 10.6. The maximum absolute atomic E-state index is 8.40. The van der Waals surface area contributed by atoms with Gasteiger partial charge in [-0.25, -0.2) is 9.97 Å². The fourth-order valence-electron chi connectivity index (χ4n) is 1.32. The number of anilines is 1. The van der Waals surface area contributed by atoms with Crippen molar-refractivity contribution >= 4 is 17.3 Å². The Morgan fingerprint density at radius 1 is 1.44 bits per heavy atom. The van der Waals surface area contributed by atoms with Crippen LogP contribution in [0.15, 0.2) is 23.8 Å². The molecule has 0 bridgehead atoms. The summed E-state index contributed by atoms with van der Waals surface area (Å²) in [5.41, 5.74) is 2.24. The van der Waals surface area contributed by atoms with E-state index < -0.39 is 0 Å². The highest BCUT2D eigenvalue weighted by Crippen LogP contribution is 2.27. The number of aromatic nitrogens is 2. The highest BCUT2D eigenvalue weighted by atomic mass is 32.1. The van der Waals surface area contributed by atoms with Crippen LogP contribution in [-0.2, 0) is 0 Å². The van der Waals surface area contributed by atoms with E-state index in [1.165, 1.54) is 10.4 Å². The fourth-order valence-corrected chi connectivity index (χ4v) is 2.23. The lowest BCUT2D eigenvalue weighted by Gasteiger charge is -2.01. The molecule has 2 aromatic rings. The second-order valence-corrected chi connectivity index (χ2v) is 4.16. The summed E-state index contributed by atoms with van der Waals surface area (Å²) in [5, 5.41) is 13.3. The standard InChI is InChI=1S/C11H10N4S/c1-8-2-5-16-10(8)9-6-14-11(15-7-9)13-4-3-12/h2,5-7H,4H2,1H3,(H,13,14,15). The number of nitrogens with one attached hydrogen (secondary N) is 1. The molecule has 0 fully saturated rings. The second kappa shape index (κ2) is 4.73. The number of rotatable bonds is 3. The van der Waals surface area contributed by atoms with Gasteiger partial charge >= 0.3 is 0 Å². The number of nitriles is 1. The predicted octanol–water partition coefficient (Wildman–Crippen LogP) is 2.45. The molecule has 0 aromatic carbocycles. The van der Waals surface area contributed by atoms with Gasteiger partial charge in [0.15, 0.2) is 0 Å². The summed E-state index contributed by atoms with van der Waals surface area (Å²) in [5.74, 6) is 0.486. The average Bonchev–Trinajstić information content (AvgIpc) is 2.74. The number of hydrogen-bond acceptors (Lipinski definition) is 5. The zero-order chi connectivity index (χ0) is 11.4. The molecule has 0 saturated heterocycles. The van der Waals surface area contributed by atoms with E-state index in [-0.39, 0.29) is 6.54 Å². The summed E-state index contributed by atoms with van der Waals surface area (Å²) in [6, 6.07) is 4.05. The zero-order valence-electron chi connectivity index (χ0n) is 8.77. The Balaban J connectivity index is 2.20. The number of hydrogen-bond donors (Lipinski definition) is 1. The van der Waals surface area contributed by atoms with E-state index >= 15 is 0 Å². The van der Waals surface area contributed by atoms with Crippen LogP contribution in [0.1, 0.15) is 5.56 Å². The summed E-state index contributed by atoms with van der Waals surface area (Å²) in [6.45, 7) is 2.28. The monoisotopic (exact) mass is 230 g/mol. The van der Waals surface area contributed by atoms with Crippen molar-refractivity contribution in [3.8, 4) is 16.5 Å². The van der Waals surface area contributed by atoms with Gasteiger partial charge in [-0.15, -0.1) is 11.3 Å². The molecular formula is C11H10N4S. The molecule has 0 aliphatic heterocycles. The maximum atomic E-state index is 8.40. The van der Waals surface area contributed by atoms with Gasteiger partial charge < -0.3 is 5.32 Å². The van der Waals surface area contributed by atoms with Crippen LogP contribution in [0.2, 0.25) is 0 Å². The van der Waals surface area contributed by atoms with Crippen molar-refractivity contribution < 1.29 is 0 Å². The Hall–Kier alpha value is -1.93. The third kappa shape index (κ3) is 2.18. The molecule has 0 spiro atoms. The van der Waals surface area contributed by atoms with E-state index in [0.29, 0.717) is 5.95 Å². The fraction of sp³-hybridized carbons (Fsp3) is 0.182. The largest absolute Gasteiger partial charge is 0.341 e. The van der Waals surface area contributed by atoms with Gasteiger partial charge in [-0.05, 0) is 23.9 Å². The van der Waals surface area contributed by atoms with Crippen LogP contribution in [-0.4, -0.2) is 16.5 Å². The van der Waals surface area contributed by atoms with Gasteiger partial charge in [0.1, 0.15) is 6.54 Å². The van der Waals surface area contributed by atoms with Crippen molar-refractivity contribution in [1.82, 2.24) is 9.97 Å². The van der Waals surface area contributed by atoms with Crippen molar-refractivity contribution in [1.29, 1.82) is 5.26 Å². The first-order chi connectivity index (χ1) is 7.81. The van der Waals surface area contributed by atoms with Crippen LogP contribution in [0, 0.1) is 18.3 Å².